The third kappa shape index (κ3) is 5.48. The van der Waals surface area contributed by atoms with Gasteiger partial charge in [0.25, 0.3) is 5.24 Å². The molecule has 2 fully saturated rings. The van der Waals surface area contributed by atoms with Gasteiger partial charge in [-0.2, -0.15) is 0 Å². The van der Waals surface area contributed by atoms with Crippen LogP contribution >= 0.6 is 11.8 Å². The van der Waals surface area contributed by atoms with E-state index in [0.29, 0.717) is 13.1 Å². The fourth-order valence-corrected chi connectivity index (χ4v) is 4.77. The minimum Gasteiger partial charge on any atom is -0.350 e. The fraction of sp³-hybridized carbons (Fsp3) is 0.600. The van der Waals surface area contributed by atoms with Crippen LogP contribution in [-0.2, 0) is 17.9 Å². The summed E-state index contributed by atoms with van der Waals surface area (Å²) in [5, 5.41) is 2.91. The lowest BCUT2D eigenvalue weighted by molar-refractivity contribution is -0.121. The number of likely N-dealkylation sites (tertiary alicyclic amines) is 1. The van der Waals surface area contributed by atoms with Crippen LogP contribution in [0.15, 0.2) is 24.3 Å². The molecule has 26 heavy (non-hydrogen) atoms. The van der Waals surface area contributed by atoms with Gasteiger partial charge < -0.3 is 10.2 Å². The molecule has 2 heterocycles. The lowest BCUT2D eigenvalue weighted by Gasteiger charge is -2.35. The largest absolute Gasteiger partial charge is 0.350 e. The average molecular weight is 376 g/mol. The van der Waals surface area contributed by atoms with Crippen LogP contribution in [-0.4, -0.2) is 52.9 Å². The molecule has 0 bridgehead atoms. The number of carbonyl (C=O) groups excluding carboxylic acids is 2. The molecule has 2 amide bonds. The molecule has 2 aliphatic heterocycles. The van der Waals surface area contributed by atoms with Gasteiger partial charge in [-0.05, 0) is 29.4 Å². The molecule has 5 nitrogen and oxygen atoms in total. The molecular formula is C20H29N3O2S. The van der Waals surface area contributed by atoms with E-state index >= 15 is 0 Å². The molecule has 0 unspecified atom stereocenters. The number of hydrogen-bond donors (Lipinski definition) is 1. The summed E-state index contributed by atoms with van der Waals surface area (Å²) in [6, 6.07) is 8.49. The Labute approximate surface area is 160 Å². The van der Waals surface area contributed by atoms with Crippen molar-refractivity contribution < 1.29 is 9.59 Å². The number of piperidine rings is 1. The van der Waals surface area contributed by atoms with Gasteiger partial charge in [-0.15, -0.1) is 0 Å². The topological polar surface area (TPSA) is 52.7 Å². The van der Waals surface area contributed by atoms with Crippen LogP contribution in [0.5, 0.6) is 0 Å². The van der Waals surface area contributed by atoms with E-state index in [1.165, 1.54) is 36.8 Å². The maximum absolute atomic E-state index is 12.0. The van der Waals surface area contributed by atoms with Crippen LogP contribution in [0.3, 0.4) is 0 Å². The Morgan fingerprint density at radius 3 is 2.42 bits per heavy atom. The molecule has 142 valence electrons. The van der Waals surface area contributed by atoms with Gasteiger partial charge in [0.15, 0.2) is 0 Å². The second-order valence-electron chi connectivity index (χ2n) is 7.77. The highest BCUT2D eigenvalue weighted by molar-refractivity contribution is 8.13. The first-order valence-corrected chi connectivity index (χ1v) is 10.5. The Bertz CT molecular complexity index is 624. The van der Waals surface area contributed by atoms with Crippen molar-refractivity contribution in [3.05, 3.63) is 35.4 Å². The Balaban J connectivity index is 1.44. The van der Waals surface area contributed by atoms with Gasteiger partial charge in [-0.1, -0.05) is 49.9 Å². The van der Waals surface area contributed by atoms with E-state index in [-0.39, 0.29) is 17.7 Å². The van der Waals surface area contributed by atoms with Gasteiger partial charge in [0.05, 0.1) is 0 Å². The highest BCUT2D eigenvalue weighted by atomic mass is 32.2. The molecule has 6 heteroatoms. The van der Waals surface area contributed by atoms with Crippen LogP contribution in [0.4, 0.5) is 4.79 Å². The third-order valence-electron chi connectivity index (χ3n) is 5.04. The van der Waals surface area contributed by atoms with Gasteiger partial charge in [-0.3, -0.25) is 14.5 Å². The molecule has 0 saturated carbocycles. The quantitative estimate of drug-likeness (QED) is 0.831. The maximum atomic E-state index is 12.0. The molecule has 1 aromatic carbocycles. The first-order valence-electron chi connectivity index (χ1n) is 9.48. The van der Waals surface area contributed by atoms with Crippen molar-refractivity contribution in [3.8, 4) is 0 Å². The number of thioether (sulfide) groups is 1. The number of rotatable bonds is 6. The molecule has 1 N–H and O–H groups in total. The molecule has 0 aromatic heterocycles. The smallest absolute Gasteiger partial charge is 0.282 e. The number of nitrogens with one attached hydrogen (secondary N) is 1. The first kappa shape index (κ1) is 19.2. The average Bonchev–Trinajstić information content (AvgIpc) is 2.98. The standard InChI is InChI=1S/C20H29N3O2S/c1-15-9-16(2)12-22(11-15)13-18-5-3-17(4-6-18)10-21-19(24)14-23-7-8-26-20(23)25/h3-6,15-16H,7-14H2,1-2H3,(H,21,24)/t15-,16-/m1/s1. The summed E-state index contributed by atoms with van der Waals surface area (Å²) in [7, 11) is 0. The Hall–Kier alpha value is -1.53. The summed E-state index contributed by atoms with van der Waals surface area (Å²) >= 11 is 1.28. The molecule has 2 saturated heterocycles. The summed E-state index contributed by atoms with van der Waals surface area (Å²) in [6.07, 6.45) is 1.33. The zero-order chi connectivity index (χ0) is 18.5. The normalized spacial score (nSPS) is 24.1. The minimum atomic E-state index is -0.0961. The summed E-state index contributed by atoms with van der Waals surface area (Å²) in [5.41, 5.74) is 2.41. The first-order chi connectivity index (χ1) is 12.5. The van der Waals surface area contributed by atoms with Crippen molar-refractivity contribution in [1.29, 1.82) is 0 Å². The summed E-state index contributed by atoms with van der Waals surface area (Å²) in [6.45, 7) is 9.35. The van der Waals surface area contributed by atoms with E-state index < -0.39 is 0 Å². The number of carbonyl (C=O) groups is 2. The van der Waals surface area contributed by atoms with Crippen molar-refractivity contribution in [3.63, 3.8) is 0 Å². The van der Waals surface area contributed by atoms with E-state index in [1.54, 1.807) is 4.90 Å². The fourth-order valence-electron chi connectivity index (χ4n) is 3.94. The third-order valence-corrected chi connectivity index (χ3v) is 5.93. The zero-order valence-corrected chi connectivity index (χ0v) is 16.6. The van der Waals surface area contributed by atoms with Gasteiger partial charge in [0, 0.05) is 38.5 Å². The number of hydrogen-bond acceptors (Lipinski definition) is 4. The van der Waals surface area contributed by atoms with Crippen LogP contribution in [0.1, 0.15) is 31.4 Å². The molecule has 2 aliphatic rings. The lowest BCUT2D eigenvalue weighted by Crippen LogP contribution is -2.38. The van der Waals surface area contributed by atoms with Crippen molar-refractivity contribution in [1.82, 2.24) is 15.1 Å². The van der Waals surface area contributed by atoms with Crippen LogP contribution in [0.25, 0.3) is 0 Å². The SMILES string of the molecule is C[C@@H]1C[C@@H](C)CN(Cc2ccc(CNC(=O)CN3CCSC3=O)cc2)C1. The van der Waals surface area contributed by atoms with E-state index in [0.717, 1.165) is 29.7 Å². The predicted octanol–water partition coefficient (Wildman–Crippen LogP) is 2.95. The minimum absolute atomic E-state index is 0.00542. The molecule has 1 aromatic rings. The highest BCUT2D eigenvalue weighted by Gasteiger charge is 2.23. The summed E-state index contributed by atoms with van der Waals surface area (Å²) in [4.78, 5) is 27.7. The van der Waals surface area contributed by atoms with Crippen molar-refractivity contribution in [2.75, 3.05) is 31.9 Å². The molecule has 2 atom stereocenters. The Morgan fingerprint density at radius 2 is 1.81 bits per heavy atom. The van der Waals surface area contributed by atoms with E-state index in [9.17, 15) is 9.59 Å². The zero-order valence-electron chi connectivity index (χ0n) is 15.7. The second kappa shape index (κ2) is 8.91. The van der Waals surface area contributed by atoms with E-state index in [2.05, 4.69) is 48.3 Å². The molecule has 0 radical (unpaired) electrons. The van der Waals surface area contributed by atoms with Gasteiger partial charge in [0.2, 0.25) is 5.91 Å². The van der Waals surface area contributed by atoms with Gasteiger partial charge >= 0.3 is 0 Å². The lowest BCUT2D eigenvalue weighted by atomic mass is 9.91. The number of amides is 2. The Morgan fingerprint density at radius 1 is 1.15 bits per heavy atom. The summed E-state index contributed by atoms with van der Waals surface area (Å²) < 4.78 is 0. The molecule has 0 spiro atoms. The van der Waals surface area contributed by atoms with E-state index in [1.807, 2.05) is 0 Å². The van der Waals surface area contributed by atoms with Crippen molar-refractivity contribution in [2.45, 2.75) is 33.4 Å². The maximum Gasteiger partial charge on any atom is 0.282 e. The predicted molar refractivity (Wildman–Crippen MR) is 106 cm³/mol. The number of benzene rings is 1. The molecule has 0 aliphatic carbocycles. The highest BCUT2D eigenvalue weighted by Crippen LogP contribution is 2.22. The summed E-state index contributed by atoms with van der Waals surface area (Å²) in [5.74, 6) is 2.23. The molecule has 3 rings (SSSR count). The monoisotopic (exact) mass is 375 g/mol. The van der Waals surface area contributed by atoms with Crippen LogP contribution in [0.2, 0.25) is 0 Å². The second-order valence-corrected chi connectivity index (χ2v) is 8.82. The van der Waals surface area contributed by atoms with Crippen molar-refractivity contribution >= 4 is 22.9 Å². The molecular weight excluding hydrogens is 346 g/mol. The van der Waals surface area contributed by atoms with Crippen LogP contribution < -0.4 is 5.32 Å². The van der Waals surface area contributed by atoms with E-state index in [4.69, 9.17) is 0 Å². The number of nitrogens with zero attached hydrogens (tertiary/aromatic N) is 2. The Kier molecular flexibility index (Phi) is 6.59. The van der Waals surface area contributed by atoms with Gasteiger partial charge in [0.1, 0.15) is 6.54 Å². The van der Waals surface area contributed by atoms with Crippen molar-refractivity contribution in [2.24, 2.45) is 11.8 Å². The van der Waals surface area contributed by atoms with Gasteiger partial charge in [-0.25, -0.2) is 0 Å². The van der Waals surface area contributed by atoms with Crippen LogP contribution in [0, 0.1) is 11.8 Å².